The third-order valence-electron chi connectivity index (χ3n) is 5.73. The number of para-hydroxylation sites is 1. The van der Waals surface area contributed by atoms with Gasteiger partial charge in [-0.05, 0) is 30.7 Å². The quantitative estimate of drug-likeness (QED) is 0.828. The van der Waals surface area contributed by atoms with Gasteiger partial charge in [0.05, 0.1) is 6.54 Å². The van der Waals surface area contributed by atoms with E-state index in [9.17, 15) is 4.79 Å². The number of likely N-dealkylation sites (tertiary alicyclic amines) is 1. The van der Waals surface area contributed by atoms with Gasteiger partial charge < -0.3 is 14.4 Å². The Kier molecular flexibility index (Phi) is 4.98. The minimum absolute atomic E-state index is 0.296. The lowest BCUT2D eigenvalue weighted by Crippen LogP contribution is -2.46. The van der Waals surface area contributed by atoms with Crippen molar-refractivity contribution in [3.8, 4) is 0 Å². The van der Waals surface area contributed by atoms with E-state index >= 15 is 0 Å². The SMILES string of the molecule is Cn1c(CN2CCN(c3ccccc3)CC2)ccc1CN1CCCC1=O. The molecule has 1 aromatic heterocycles. The number of hydrogen-bond acceptors (Lipinski definition) is 3. The third kappa shape index (κ3) is 3.63. The largest absolute Gasteiger partial charge is 0.369 e. The van der Waals surface area contributed by atoms with E-state index < -0.39 is 0 Å². The van der Waals surface area contributed by atoms with E-state index in [1.165, 1.54) is 17.1 Å². The summed E-state index contributed by atoms with van der Waals surface area (Å²) >= 11 is 0. The van der Waals surface area contributed by atoms with E-state index in [1.54, 1.807) is 0 Å². The molecule has 26 heavy (non-hydrogen) atoms. The Hall–Kier alpha value is -2.27. The van der Waals surface area contributed by atoms with Crippen molar-refractivity contribution in [1.29, 1.82) is 0 Å². The van der Waals surface area contributed by atoms with Crippen LogP contribution in [0, 0.1) is 0 Å². The Bertz CT molecular complexity index is 747. The highest BCUT2D eigenvalue weighted by molar-refractivity contribution is 5.78. The Morgan fingerprint density at radius 3 is 2.19 bits per heavy atom. The standard InChI is InChI=1S/C21H28N4O/c1-22-19(9-10-20(22)17-25-11-5-8-21(25)26)16-23-12-14-24(15-13-23)18-6-3-2-4-7-18/h2-4,6-7,9-10H,5,8,11-17H2,1H3. The van der Waals surface area contributed by atoms with Crippen molar-refractivity contribution in [2.45, 2.75) is 25.9 Å². The predicted molar refractivity (Wildman–Crippen MR) is 104 cm³/mol. The highest BCUT2D eigenvalue weighted by Gasteiger charge is 2.22. The van der Waals surface area contributed by atoms with Gasteiger partial charge in [0.2, 0.25) is 5.91 Å². The molecule has 0 N–H and O–H groups in total. The van der Waals surface area contributed by atoms with Crippen LogP contribution >= 0.6 is 0 Å². The molecule has 3 heterocycles. The molecular weight excluding hydrogens is 324 g/mol. The molecule has 2 aliphatic heterocycles. The summed E-state index contributed by atoms with van der Waals surface area (Å²) in [6, 6.07) is 15.1. The van der Waals surface area contributed by atoms with Crippen LogP contribution in [0.5, 0.6) is 0 Å². The Labute approximate surface area is 155 Å². The maximum atomic E-state index is 11.9. The van der Waals surface area contributed by atoms with Crippen LogP contribution in [0.1, 0.15) is 24.2 Å². The van der Waals surface area contributed by atoms with Crippen molar-refractivity contribution in [2.24, 2.45) is 7.05 Å². The number of carbonyl (C=O) groups excluding carboxylic acids is 1. The van der Waals surface area contributed by atoms with Gasteiger partial charge in [-0.1, -0.05) is 18.2 Å². The molecule has 0 aliphatic carbocycles. The number of anilines is 1. The topological polar surface area (TPSA) is 31.7 Å². The lowest BCUT2D eigenvalue weighted by molar-refractivity contribution is -0.128. The zero-order valence-corrected chi connectivity index (χ0v) is 15.6. The number of piperazine rings is 1. The van der Waals surface area contributed by atoms with Crippen LogP contribution in [0.4, 0.5) is 5.69 Å². The lowest BCUT2D eigenvalue weighted by atomic mass is 10.2. The van der Waals surface area contributed by atoms with Gasteiger partial charge in [0.15, 0.2) is 0 Å². The fourth-order valence-corrected chi connectivity index (χ4v) is 4.02. The van der Waals surface area contributed by atoms with Gasteiger partial charge in [-0.2, -0.15) is 0 Å². The number of amides is 1. The number of benzene rings is 1. The molecule has 4 rings (SSSR count). The van der Waals surface area contributed by atoms with Gasteiger partial charge in [0.1, 0.15) is 0 Å². The van der Waals surface area contributed by atoms with Gasteiger partial charge in [0, 0.05) is 69.8 Å². The molecule has 2 aliphatic rings. The molecule has 2 saturated heterocycles. The van der Waals surface area contributed by atoms with Crippen LogP contribution in [0.2, 0.25) is 0 Å². The van der Waals surface area contributed by atoms with Crippen LogP contribution in [0.25, 0.3) is 0 Å². The molecule has 0 spiro atoms. The van der Waals surface area contributed by atoms with E-state index in [4.69, 9.17) is 0 Å². The van der Waals surface area contributed by atoms with Gasteiger partial charge in [-0.15, -0.1) is 0 Å². The summed E-state index contributed by atoms with van der Waals surface area (Å²) in [6.07, 6.45) is 1.71. The number of nitrogens with zero attached hydrogens (tertiary/aromatic N) is 4. The average Bonchev–Trinajstić information content (AvgIpc) is 3.24. The van der Waals surface area contributed by atoms with E-state index in [-0.39, 0.29) is 0 Å². The first-order valence-electron chi connectivity index (χ1n) is 9.64. The number of aromatic nitrogens is 1. The smallest absolute Gasteiger partial charge is 0.222 e. The molecule has 5 heteroatoms. The Morgan fingerprint density at radius 2 is 1.54 bits per heavy atom. The minimum atomic E-state index is 0.296. The van der Waals surface area contributed by atoms with E-state index in [0.717, 1.165) is 52.2 Å². The third-order valence-corrected chi connectivity index (χ3v) is 5.73. The summed E-state index contributed by atoms with van der Waals surface area (Å²) in [5, 5.41) is 0. The van der Waals surface area contributed by atoms with Crippen molar-refractivity contribution in [3.63, 3.8) is 0 Å². The second-order valence-electron chi connectivity index (χ2n) is 7.39. The first-order valence-corrected chi connectivity index (χ1v) is 9.64. The second-order valence-corrected chi connectivity index (χ2v) is 7.39. The second kappa shape index (κ2) is 7.54. The maximum Gasteiger partial charge on any atom is 0.222 e. The normalized spacial score (nSPS) is 18.7. The van der Waals surface area contributed by atoms with Gasteiger partial charge in [-0.3, -0.25) is 9.69 Å². The lowest BCUT2D eigenvalue weighted by Gasteiger charge is -2.36. The molecule has 0 saturated carbocycles. The molecule has 2 fully saturated rings. The average molecular weight is 352 g/mol. The van der Waals surface area contributed by atoms with Crippen LogP contribution < -0.4 is 4.90 Å². The molecule has 0 unspecified atom stereocenters. The zero-order chi connectivity index (χ0) is 17.9. The molecule has 1 aromatic carbocycles. The maximum absolute atomic E-state index is 11.9. The molecule has 2 aromatic rings. The van der Waals surface area contributed by atoms with Crippen molar-refractivity contribution < 1.29 is 4.79 Å². The summed E-state index contributed by atoms with van der Waals surface area (Å²) in [5.41, 5.74) is 3.89. The molecule has 0 bridgehead atoms. The number of rotatable bonds is 5. The monoisotopic (exact) mass is 352 g/mol. The van der Waals surface area contributed by atoms with Gasteiger partial charge >= 0.3 is 0 Å². The number of hydrogen-bond donors (Lipinski definition) is 0. The van der Waals surface area contributed by atoms with E-state index in [0.29, 0.717) is 12.3 Å². The van der Waals surface area contributed by atoms with Crippen molar-refractivity contribution in [3.05, 3.63) is 53.9 Å². The summed E-state index contributed by atoms with van der Waals surface area (Å²) < 4.78 is 2.27. The summed E-state index contributed by atoms with van der Waals surface area (Å²) in [5.74, 6) is 0.296. The van der Waals surface area contributed by atoms with Gasteiger partial charge in [0.25, 0.3) is 0 Å². The highest BCUT2D eigenvalue weighted by Crippen LogP contribution is 2.19. The van der Waals surface area contributed by atoms with Gasteiger partial charge in [-0.25, -0.2) is 0 Å². The van der Waals surface area contributed by atoms with Crippen LogP contribution in [0.15, 0.2) is 42.5 Å². The van der Waals surface area contributed by atoms with Crippen LogP contribution in [0.3, 0.4) is 0 Å². The first-order chi connectivity index (χ1) is 12.7. The van der Waals surface area contributed by atoms with E-state index in [1.807, 2.05) is 4.90 Å². The summed E-state index contributed by atoms with van der Waals surface area (Å²) in [4.78, 5) is 18.8. The zero-order valence-electron chi connectivity index (χ0n) is 15.6. The summed E-state index contributed by atoms with van der Waals surface area (Å²) in [7, 11) is 2.13. The molecule has 0 atom stereocenters. The minimum Gasteiger partial charge on any atom is -0.369 e. The molecule has 1 amide bonds. The number of carbonyl (C=O) groups is 1. The Morgan fingerprint density at radius 1 is 0.846 bits per heavy atom. The highest BCUT2D eigenvalue weighted by atomic mass is 16.2. The Balaban J connectivity index is 1.33. The van der Waals surface area contributed by atoms with E-state index in [2.05, 4.69) is 63.9 Å². The predicted octanol–water partition coefficient (Wildman–Crippen LogP) is 2.47. The van der Waals surface area contributed by atoms with Crippen molar-refractivity contribution >= 4 is 11.6 Å². The fraction of sp³-hybridized carbons (Fsp3) is 0.476. The molecule has 138 valence electrons. The van der Waals surface area contributed by atoms with Crippen LogP contribution in [-0.4, -0.2) is 53.0 Å². The fourth-order valence-electron chi connectivity index (χ4n) is 4.02. The first kappa shape index (κ1) is 17.2. The van der Waals surface area contributed by atoms with Crippen LogP contribution in [-0.2, 0) is 24.9 Å². The van der Waals surface area contributed by atoms with Crippen molar-refractivity contribution in [1.82, 2.24) is 14.4 Å². The molecule has 5 nitrogen and oxygen atoms in total. The molecule has 0 radical (unpaired) electrons. The summed E-state index contributed by atoms with van der Waals surface area (Å²) in [6.45, 7) is 6.94. The molecular formula is C21H28N4O. The van der Waals surface area contributed by atoms with Crippen molar-refractivity contribution in [2.75, 3.05) is 37.6 Å².